The molecule has 0 spiro atoms. The van der Waals surface area contributed by atoms with Crippen molar-refractivity contribution in [3.8, 4) is 11.4 Å². The number of fused-ring (bicyclic) bond motifs is 1. The van der Waals surface area contributed by atoms with Gasteiger partial charge in [-0.2, -0.15) is 5.10 Å². The lowest BCUT2D eigenvalue weighted by Crippen LogP contribution is -1.89. The predicted octanol–water partition coefficient (Wildman–Crippen LogP) is 1.78. The van der Waals surface area contributed by atoms with Gasteiger partial charge in [0.1, 0.15) is 17.0 Å². The molecule has 3 aromatic rings. The van der Waals surface area contributed by atoms with Gasteiger partial charge < -0.3 is 9.72 Å². The Hall–Kier alpha value is -2.30. The van der Waals surface area contributed by atoms with Gasteiger partial charge in [-0.05, 0) is 12.1 Å². The molecular weight excluding hydrogens is 214 g/mol. The Labute approximate surface area is 98.7 Å². The average Bonchev–Trinajstić information content (AvgIpc) is 2.93. The molecule has 17 heavy (non-hydrogen) atoms. The van der Waals surface area contributed by atoms with Crippen LogP contribution < -0.4 is 5.32 Å². The monoisotopic (exact) mass is 227 g/mol. The first-order chi connectivity index (χ1) is 8.26. The lowest BCUT2D eigenvalue weighted by molar-refractivity contribution is 0.770. The number of imidazole rings is 1. The number of hydrogen-bond acceptors (Lipinski definition) is 3. The van der Waals surface area contributed by atoms with Crippen molar-refractivity contribution in [2.75, 3.05) is 12.4 Å². The fourth-order valence-corrected chi connectivity index (χ4v) is 1.81. The van der Waals surface area contributed by atoms with E-state index in [1.54, 1.807) is 4.68 Å². The van der Waals surface area contributed by atoms with Gasteiger partial charge in [0.15, 0.2) is 0 Å². The summed E-state index contributed by atoms with van der Waals surface area (Å²) in [5, 5.41) is 7.44. The third-order valence-corrected chi connectivity index (χ3v) is 2.72. The highest BCUT2D eigenvalue weighted by atomic mass is 15.3. The van der Waals surface area contributed by atoms with Gasteiger partial charge in [0.05, 0.1) is 0 Å². The minimum Gasteiger partial charge on any atom is -0.388 e. The Morgan fingerprint density at radius 3 is 2.76 bits per heavy atom. The lowest BCUT2D eigenvalue weighted by atomic mass is 10.3. The summed E-state index contributed by atoms with van der Waals surface area (Å²) >= 11 is 0. The molecule has 0 unspecified atom stereocenters. The molecule has 86 valence electrons. The largest absolute Gasteiger partial charge is 0.388 e. The smallest absolute Gasteiger partial charge is 0.139 e. The maximum atomic E-state index is 4.55. The van der Waals surface area contributed by atoms with Crippen LogP contribution in [0.3, 0.4) is 0 Å². The second kappa shape index (κ2) is 3.62. The normalized spacial score (nSPS) is 10.9. The molecule has 0 aliphatic heterocycles. The number of hydrogen-bond donors (Lipinski definition) is 1. The van der Waals surface area contributed by atoms with Crippen LogP contribution in [0.1, 0.15) is 0 Å². The molecule has 0 aliphatic carbocycles. The summed E-state index contributed by atoms with van der Waals surface area (Å²) in [5.41, 5.74) is 3.74. The first-order valence-electron chi connectivity index (χ1n) is 5.43. The Balaban J connectivity index is 2.13. The second-order valence-corrected chi connectivity index (χ2v) is 3.93. The van der Waals surface area contributed by atoms with E-state index < -0.39 is 0 Å². The quantitative estimate of drug-likeness (QED) is 0.726. The van der Waals surface area contributed by atoms with E-state index in [4.69, 9.17) is 0 Å². The Kier molecular flexibility index (Phi) is 2.11. The van der Waals surface area contributed by atoms with Crippen LogP contribution >= 0.6 is 0 Å². The van der Waals surface area contributed by atoms with E-state index >= 15 is 0 Å². The van der Waals surface area contributed by atoms with Crippen molar-refractivity contribution in [3.63, 3.8) is 0 Å². The summed E-state index contributed by atoms with van der Waals surface area (Å²) in [6.07, 6.45) is 5.89. The molecule has 0 radical (unpaired) electrons. The van der Waals surface area contributed by atoms with Gasteiger partial charge in [0.25, 0.3) is 0 Å². The van der Waals surface area contributed by atoms with Gasteiger partial charge in [-0.25, -0.2) is 4.98 Å². The van der Waals surface area contributed by atoms with E-state index in [1.807, 2.05) is 55.3 Å². The predicted molar refractivity (Wildman–Crippen MR) is 66.9 cm³/mol. The fraction of sp³-hybridized carbons (Fsp3) is 0.167. The molecule has 1 N–H and O–H groups in total. The van der Waals surface area contributed by atoms with E-state index in [1.165, 1.54) is 0 Å². The van der Waals surface area contributed by atoms with Crippen molar-refractivity contribution in [1.29, 1.82) is 0 Å². The Morgan fingerprint density at radius 1 is 1.18 bits per heavy atom. The van der Waals surface area contributed by atoms with Crippen molar-refractivity contribution in [1.82, 2.24) is 19.2 Å². The Morgan fingerprint density at radius 2 is 2.06 bits per heavy atom. The third-order valence-electron chi connectivity index (χ3n) is 2.72. The average molecular weight is 227 g/mol. The van der Waals surface area contributed by atoms with E-state index in [2.05, 4.69) is 15.4 Å². The summed E-state index contributed by atoms with van der Waals surface area (Å²) in [6.45, 7) is 0. The van der Waals surface area contributed by atoms with E-state index in [0.717, 1.165) is 22.7 Å². The Bertz CT molecular complexity index is 664. The van der Waals surface area contributed by atoms with Crippen LogP contribution in [-0.4, -0.2) is 26.2 Å². The molecule has 0 fully saturated rings. The van der Waals surface area contributed by atoms with Crippen LogP contribution in [0.5, 0.6) is 0 Å². The molecule has 0 aromatic carbocycles. The molecule has 3 rings (SSSR count). The van der Waals surface area contributed by atoms with Gasteiger partial charge >= 0.3 is 0 Å². The summed E-state index contributed by atoms with van der Waals surface area (Å²) in [7, 11) is 3.80. The second-order valence-electron chi connectivity index (χ2n) is 3.93. The lowest BCUT2D eigenvalue weighted by Gasteiger charge is -1.98. The van der Waals surface area contributed by atoms with Gasteiger partial charge in [-0.1, -0.05) is 0 Å². The van der Waals surface area contributed by atoms with Crippen molar-refractivity contribution in [3.05, 3.63) is 36.8 Å². The zero-order valence-electron chi connectivity index (χ0n) is 9.75. The summed E-state index contributed by atoms with van der Waals surface area (Å²) in [6, 6.07) is 5.98. The first-order valence-corrected chi connectivity index (χ1v) is 5.43. The molecule has 0 amide bonds. The van der Waals surface area contributed by atoms with Crippen LogP contribution in [0.4, 0.5) is 5.69 Å². The fourth-order valence-electron chi connectivity index (χ4n) is 1.81. The van der Waals surface area contributed by atoms with Gasteiger partial charge in [-0.15, -0.1) is 0 Å². The van der Waals surface area contributed by atoms with Gasteiger partial charge in [0, 0.05) is 44.4 Å². The molecule has 5 heteroatoms. The van der Waals surface area contributed by atoms with Crippen molar-refractivity contribution >= 4 is 11.3 Å². The van der Waals surface area contributed by atoms with Gasteiger partial charge in [0.2, 0.25) is 0 Å². The third kappa shape index (κ3) is 1.65. The molecule has 0 aliphatic rings. The number of anilines is 1. The van der Waals surface area contributed by atoms with Crippen LogP contribution in [0.15, 0.2) is 36.8 Å². The minimum atomic E-state index is 0.888. The highest BCUT2D eigenvalue weighted by Crippen LogP contribution is 2.18. The van der Waals surface area contributed by atoms with E-state index in [0.29, 0.717) is 0 Å². The van der Waals surface area contributed by atoms with E-state index in [9.17, 15) is 0 Å². The van der Waals surface area contributed by atoms with Crippen LogP contribution in [0.2, 0.25) is 0 Å². The molecule has 3 heterocycles. The minimum absolute atomic E-state index is 0.888. The number of pyridine rings is 1. The molecule has 5 nitrogen and oxygen atoms in total. The van der Waals surface area contributed by atoms with E-state index in [-0.39, 0.29) is 0 Å². The number of rotatable bonds is 2. The summed E-state index contributed by atoms with van der Waals surface area (Å²) < 4.78 is 3.77. The van der Waals surface area contributed by atoms with Gasteiger partial charge in [-0.3, -0.25) is 4.68 Å². The molecule has 0 saturated carbocycles. The first kappa shape index (κ1) is 9.89. The SMILES string of the molecule is CNc1ccn2cc(-c3ccn(C)n3)nc2c1. The number of nitrogens with zero attached hydrogens (tertiary/aromatic N) is 4. The number of aromatic nitrogens is 4. The van der Waals surface area contributed by atoms with Crippen molar-refractivity contribution < 1.29 is 0 Å². The van der Waals surface area contributed by atoms with Crippen LogP contribution in [0.25, 0.3) is 17.0 Å². The number of nitrogens with one attached hydrogen (secondary N) is 1. The molecule has 0 saturated heterocycles. The zero-order chi connectivity index (χ0) is 11.8. The number of aryl methyl sites for hydroxylation is 1. The van der Waals surface area contributed by atoms with Crippen molar-refractivity contribution in [2.45, 2.75) is 0 Å². The maximum Gasteiger partial charge on any atom is 0.139 e. The summed E-state index contributed by atoms with van der Waals surface area (Å²) in [5.74, 6) is 0. The topological polar surface area (TPSA) is 47.1 Å². The summed E-state index contributed by atoms with van der Waals surface area (Å²) in [4.78, 5) is 4.55. The molecule has 3 aromatic heterocycles. The molecule has 0 atom stereocenters. The van der Waals surface area contributed by atoms with Crippen molar-refractivity contribution in [2.24, 2.45) is 7.05 Å². The van der Waals surface area contributed by atoms with Crippen LogP contribution in [-0.2, 0) is 7.05 Å². The standard InChI is InChI=1S/C12H13N5/c1-13-9-3-6-17-8-11(14-12(17)7-9)10-4-5-16(2)15-10/h3-8,13H,1-2H3. The molecule has 0 bridgehead atoms. The van der Waals surface area contributed by atoms with Crippen LogP contribution in [0, 0.1) is 0 Å². The highest BCUT2D eigenvalue weighted by molar-refractivity contribution is 5.62. The molecular formula is C12H13N5. The zero-order valence-corrected chi connectivity index (χ0v) is 9.75. The highest BCUT2D eigenvalue weighted by Gasteiger charge is 2.06. The maximum absolute atomic E-state index is 4.55.